The van der Waals surface area contributed by atoms with Crippen molar-refractivity contribution in [2.24, 2.45) is 0 Å². The van der Waals surface area contributed by atoms with Gasteiger partial charge in [-0.25, -0.2) is 0 Å². The quantitative estimate of drug-likeness (QED) is 0.696. The van der Waals surface area contributed by atoms with Crippen LogP contribution in [0.25, 0.3) is 0 Å². The van der Waals surface area contributed by atoms with E-state index in [1.807, 2.05) is 6.92 Å². The van der Waals surface area contributed by atoms with E-state index in [9.17, 15) is 5.11 Å². The molecule has 3 heteroatoms. The highest BCUT2D eigenvalue weighted by Crippen LogP contribution is 2.21. The Morgan fingerprint density at radius 1 is 1.46 bits per heavy atom. The second kappa shape index (κ2) is 4.59. The van der Waals surface area contributed by atoms with Crippen molar-refractivity contribution in [3.8, 4) is 6.07 Å². The van der Waals surface area contributed by atoms with Crippen LogP contribution in [0.3, 0.4) is 0 Å². The molecule has 74 valence electrons. The lowest BCUT2D eigenvalue weighted by Crippen LogP contribution is -2.28. The Labute approximate surface area is 80.0 Å². The van der Waals surface area contributed by atoms with Gasteiger partial charge in [-0.3, -0.25) is 0 Å². The average Bonchev–Trinajstić information content (AvgIpc) is 2.23. The number of hydrogen-bond acceptors (Lipinski definition) is 3. The van der Waals surface area contributed by atoms with Gasteiger partial charge in [-0.1, -0.05) is 0 Å². The van der Waals surface area contributed by atoms with E-state index < -0.39 is 5.60 Å². The molecule has 0 saturated carbocycles. The lowest BCUT2D eigenvalue weighted by Gasteiger charge is -2.21. The van der Waals surface area contributed by atoms with E-state index in [2.05, 4.69) is 11.0 Å². The molecule has 0 radical (unpaired) electrons. The third kappa shape index (κ3) is 3.75. The van der Waals surface area contributed by atoms with Crippen molar-refractivity contribution in [2.45, 2.75) is 38.2 Å². The summed E-state index contributed by atoms with van der Waals surface area (Å²) in [5.41, 5.74) is -0.485. The molecule has 1 fully saturated rings. The fourth-order valence-corrected chi connectivity index (χ4v) is 1.75. The molecule has 0 aromatic carbocycles. The van der Waals surface area contributed by atoms with Gasteiger partial charge in [0.25, 0.3) is 0 Å². The minimum absolute atomic E-state index is 0.485. The number of nitrogens with zero attached hydrogens (tertiary/aromatic N) is 2. The first kappa shape index (κ1) is 10.5. The average molecular weight is 182 g/mol. The molecule has 1 atom stereocenters. The number of hydrogen-bond donors (Lipinski definition) is 1. The van der Waals surface area contributed by atoms with Crippen LogP contribution < -0.4 is 0 Å². The molecule has 0 aromatic heterocycles. The molecule has 13 heavy (non-hydrogen) atoms. The van der Waals surface area contributed by atoms with Gasteiger partial charge in [0.15, 0.2) is 0 Å². The van der Waals surface area contributed by atoms with Gasteiger partial charge >= 0.3 is 0 Å². The Morgan fingerprint density at radius 3 is 2.92 bits per heavy atom. The lowest BCUT2D eigenvalue weighted by molar-refractivity contribution is 0.0447. The Hall–Kier alpha value is -0.590. The van der Waals surface area contributed by atoms with Crippen molar-refractivity contribution in [3.63, 3.8) is 0 Å². The maximum Gasteiger partial charge on any atom is 0.0635 e. The Bertz CT molecular complexity index is 196. The number of aliphatic hydroxyl groups is 1. The minimum atomic E-state index is -0.485. The smallest absolute Gasteiger partial charge is 0.0635 e. The second-order valence-electron chi connectivity index (χ2n) is 4.10. The van der Waals surface area contributed by atoms with E-state index in [-0.39, 0.29) is 0 Å². The van der Waals surface area contributed by atoms with Gasteiger partial charge in [0.05, 0.1) is 11.7 Å². The Kier molecular flexibility index (Phi) is 3.71. The molecular formula is C10H18N2O. The summed E-state index contributed by atoms with van der Waals surface area (Å²) >= 11 is 0. The standard InChI is InChI=1S/C10H18N2O/c1-10(13)4-2-7-12(9-5-10)8-3-6-11/h13H,2-5,7-9H2,1H3. The summed E-state index contributed by atoms with van der Waals surface area (Å²) in [4.78, 5) is 2.27. The summed E-state index contributed by atoms with van der Waals surface area (Å²) in [6.45, 7) is 4.71. The summed E-state index contributed by atoms with van der Waals surface area (Å²) < 4.78 is 0. The number of nitriles is 1. The van der Waals surface area contributed by atoms with Crippen LogP contribution in [0.5, 0.6) is 0 Å². The van der Waals surface area contributed by atoms with Crippen LogP contribution in [0.4, 0.5) is 0 Å². The largest absolute Gasteiger partial charge is 0.390 e. The molecule has 1 aliphatic heterocycles. The molecule has 1 heterocycles. The summed E-state index contributed by atoms with van der Waals surface area (Å²) in [6, 6.07) is 2.15. The van der Waals surface area contributed by atoms with Crippen molar-refractivity contribution in [2.75, 3.05) is 19.6 Å². The SMILES string of the molecule is CC1(O)CCCN(CCC#N)CC1. The third-order valence-electron chi connectivity index (χ3n) is 2.70. The van der Waals surface area contributed by atoms with E-state index in [1.54, 1.807) is 0 Å². The molecule has 1 unspecified atom stereocenters. The topological polar surface area (TPSA) is 47.3 Å². The molecule has 0 aliphatic carbocycles. The molecule has 0 spiro atoms. The molecular weight excluding hydrogens is 164 g/mol. The number of rotatable bonds is 2. The summed E-state index contributed by atoms with van der Waals surface area (Å²) in [6.07, 6.45) is 3.36. The van der Waals surface area contributed by atoms with Gasteiger partial charge in [-0.2, -0.15) is 5.26 Å². The summed E-state index contributed by atoms with van der Waals surface area (Å²) in [7, 11) is 0. The molecule has 1 aliphatic rings. The van der Waals surface area contributed by atoms with E-state index in [1.165, 1.54) is 0 Å². The van der Waals surface area contributed by atoms with Crippen LogP contribution in [0.2, 0.25) is 0 Å². The van der Waals surface area contributed by atoms with E-state index in [0.29, 0.717) is 6.42 Å². The van der Waals surface area contributed by atoms with Crippen molar-refractivity contribution in [3.05, 3.63) is 0 Å². The fourth-order valence-electron chi connectivity index (χ4n) is 1.75. The molecule has 0 bridgehead atoms. The first-order valence-corrected chi connectivity index (χ1v) is 4.96. The van der Waals surface area contributed by atoms with Gasteiger partial charge < -0.3 is 10.0 Å². The van der Waals surface area contributed by atoms with Crippen LogP contribution >= 0.6 is 0 Å². The molecule has 3 nitrogen and oxygen atoms in total. The fraction of sp³-hybridized carbons (Fsp3) is 0.900. The van der Waals surface area contributed by atoms with Crippen LogP contribution in [-0.2, 0) is 0 Å². The van der Waals surface area contributed by atoms with Crippen LogP contribution in [0, 0.1) is 11.3 Å². The molecule has 0 amide bonds. The minimum Gasteiger partial charge on any atom is -0.390 e. The third-order valence-corrected chi connectivity index (χ3v) is 2.70. The van der Waals surface area contributed by atoms with E-state index in [0.717, 1.165) is 38.9 Å². The van der Waals surface area contributed by atoms with Crippen molar-refractivity contribution in [1.82, 2.24) is 4.90 Å². The zero-order valence-corrected chi connectivity index (χ0v) is 8.29. The first-order valence-electron chi connectivity index (χ1n) is 4.96. The van der Waals surface area contributed by atoms with Crippen LogP contribution in [0.1, 0.15) is 32.6 Å². The Morgan fingerprint density at radius 2 is 2.23 bits per heavy atom. The van der Waals surface area contributed by atoms with Gasteiger partial charge in [-0.15, -0.1) is 0 Å². The van der Waals surface area contributed by atoms with Crippen molar-refractivity contribution < 1.29 is 5.11 Å². The normalized spacial score (nSPS) is 30.8. The van der Waals surface area contributed by atoms with Gasteiger partial charge in [-0.05, 0) is 32.7 Å². The van der Waals surface area contributed by atoms with Crippen LogP contribution in [0.15, 0.2) is 0 Å². The summed E-state index contributed by atoms with van der Waals surface area (Å²) in [5.74, 6) is 0. The highest BCUT2D eigenvalue weighted by Gasteiger charge is 2.24. The molecule has 0 aromatic rings. The summed E-state index contributed by atoms with van der Waals surface area (Å²) in [5, 5.41) is 18.2. The van der Waals surface area contributed by atoms with Crippen molar-refractivity contribution >= 4 is 0 Å². The van der Waals surface area contributed by atoms with Crippen molar-refractivity contribution in [1.29, 1.82) is 5.26 Å². The second-order valence-corrected chi connectivity index (χ2v) is 4.10. The van der Waals surface area contributed by atoms with Gasteiger partial charge in [0.1, 0.15) is 0 Å². The highest BCUT2D eigenvalue weighted by atomic mass is 16.3. The maximum atomic E-state index is 9.81. The maximum absolute atomic E-state index is 9.81. The van der Waals surface area contributed by atoms with E-state index >= 15 is 0 Å². The lowest BCUT2D eigenvalue weighted by atomic mass is 9.98. The molecule has 1 N–H and O–H groups in total. The van der Waals surface area contributed by atoms with Gasteiger partial charge in [0.2, 0.25) is 0 Å². The predicted molar refractivity (Wildman–Crippen MR) is 51.1 cm³/mol. The molecule has 1 rings (SSSR count). The number of likely N-dealkylation sites (tertiary alicyclic amines) is 1. The zero-order chi connectivity index (χ0) is 9.73. The Balaban J connectivity index is 2.33. The van der Waals surface area contributed by atoms with Crippen LogP contribution in [-0.4, -0.2) is 35.2 Å². The predicted octanol–water partition coefficient (Wildman–Crippen LogP) is 1.14. The zero-order valence-electron chi connectivity index (χ0n) is 8.29. The first-order chi connectivity index (χ1) is 6.14. The molecule has 1 saturated heterocycles. The monoisotopic (exact) mass is 182 g/mol. The van der Waals surface area contributed by atoms with E-state index in [4.69, 9.17) is 5.26 Å². The van der Waals surface area contributed by atoms with Gasteiger partial charge in [0, 0.05) is 19.5 Å². The highest BCUT2D eigenvalue weighted by molar-refractivity contribution is 4.80.